The predicted molar refractivity (Wildman–Crippen MR) is 121 cm³/mol. The number of rotatable bonds is 4. The van der Waals surface area contributed by atoms with Crippen molar-refractivity contribution in [1.82, 2.24) is 4.90 Å². The predicted octanol–water partition coefficient (Wildman–Crippen LogP) is 4.49. The number of carbonyl (C=O) groups excluding carboxylic acids is 1. The van der Waals surface area contributed by atoms with Crippen LogP contribution in [0.15, 0.2) is 36.4 Å². The zero-order valence-corrected chi connectivity index (χ0v) is 18.4. The minimum atomic E-state index is -0.134. The molecule has 5 heteroatoms. The Hall–Kier alpha value is -2.04. The molecular formula is C23H32ClN3O. The van der Waals surface area contributed by atoms with Gasteiger partial charge in [-0.2, -0.15) is 0 Å². The Balaban J connectivity index is 0.00000280. The molecule has 0 radical (unpaired) electrons. The second kappa shape index (κ2) is 9.44. The van der Waals surface area contributed by atoms with Crippen molar-refractivity contribution in [2.45, 2.75) is 40.7 Å². The summed E-state index contributed by atoms with van der Waals surface area (Å²) in [5.41, 5.74) is 7.17. The molecule has 1 atom stereocenters. The van der Waals surface area contributed by atoms with E-state index in [0.29, 0.717) is 0 Å². The molecule has 2 aromatic carbocycles. The Kier molecular flexibility index (Phi) is 7.50. The van der Waals surface area contributed by atoms with E-state index < -0.39 is 0 Å². The summed E-state index contributed by atoms with van der Waals surface area (Å²) >= 11 is 0. The van der Waals surface area contributed by atoms with Crippen LogP contribution < -0.4 is 10.2 Å². The molecule has 0 aromatic heterocycles. The quantitative estimate of drug-likeness (QED) is 0.819. The largest absolute Gasteiger partial charge is 0.369 e. The maximum absolute atomic E-state index is 12.8. The number of aryl methyl sites for hydroxylation is 3. The first-order valence-corrected chi connectivity index (χ1v) is 9.80. The summed E-state index contributed by atoms with van der Waals surface area (Å²) in [6.07, 6.45) is 0. The monoisotopic (exact) mass is 401 g/mol. The Bertz CT molecular complexity index is 808. The van der Waals surface area contributed by atoms with E-state index in [-0.39, 0.29) is 24.4 Å². The highest BCUT2D eigenvalue weighted by Gasteiger charge is 2.26. The van der Waals surface area contributed by atoms with E-state index in [1.165, 1.54) is 16.8 Å². The fourth-order valence-electron chi connectivity index (χ4n) is 3.83. The number of hydrogen-bond donors (Lipinski definition) is 1. The molecule has 1 N–H and O–H groups in total. The molecule has 4 nitrogen and oxygen atoms in total. The molecule has 0 bridgehead atoms. The van der Waals surface area contributed by atoms with Crippen molar-refractivity contribution < 1.29 is 4.79 Å². The molecule has 0 saturated carbocycles. The lowest BCUT2D eigenvalue weighted by Gasteiger charge is -2.39. The highest BCUT2D eigenvalue weighted by molar-refractivity contribution is 5.95. The lowest BCUT2D eigenvalue weighted by molar-refractivity contribution is -0.120. The molecule has 2 aromatic rings. The van der Waals surface area contributed by atoms with Gasteiger partial charge in [-0.05, 0) is 62.9 Å². The number of carbonyl (C=O) groups is 1. The molecule has 1 fully saturated rings. The van der Waals surface area contributed by atoms with Gasteiger partial charge in [0.2, 0.25) is 5.91 Å². The summed E-state index contributed by atoms with van der Waals surface area (Å²) in [4.78, 5) is 17.5. The van der Waals surface area contributed by atoms with E-state index in [1.807, 2.05) is 39.0 Å². The number of amides is 1. The van der Waals surface area contributed by atoms with E-state index in [4.69, 9.17) is 0 Å². The van der Waals surface area contributed by atoms with Crippen molar-refractivity contribution in [2.24, 2.45) is 0 Å². The van der Waals surface area contributed by atoms with Gasteiger partial charge in [-0.1, -0.05) is 30.3 Å². The van der Waals surface area contributed by atoms with Gasteiger partial charge >= 0.3 is 0 Å². The molecular weight excluding hydrogens is 370 g/mol. The molecule has 1 aliphatic heterocycles. The molecule has 1 amide bonds. The molecule has 0 aliphatic carbocycles. The molecule has 152 valence electrons. The minimum absolute atomic E-state index is 0. The second-order valence-corrected chi connectivity index (χ2v) is 7.67. The average Bonchev–Trinajstić information content (AvgIpc) is 2.66. The Labute approximate surface area is 175 Å². The Morgan fingerprint density at radius 3 is 2.04 bits per heavy atom. The lowest BCUT2D eigenvalue weighted by atomic mass is 10.1. The summed E-state index contributed by atoms with van der Waals surface area (Å²) in [6.45, 7) is 14.1. The van der Waals surface area contributed by atoms with E-state index in [0.717, 1.165) is 43.0 Å². The lowest BCUT2D eigenvalue weighted by Crippen LogP contribution is -2.53. The fourth-order valence-corrected chi connectivity index (χ4v) is 3.83. The SMILES string of the molecule is Cc1cccc(N2CCN(C(C)C(=O)Nc3c(C)cccc3C)CC2)c1C.Cl. The number of hydrogen-bond acceptors (Lipinski definition) is 3. The van der Waals surface area contributed by atoms with Gasteiger partial charge in [0.1, 0.15) is 0 Å². The van der Waals surface area contributed by atoms with Gasteiger partial charge in [0.15, 0.2) is 0 Å². The number of para-hydroxylation sites is 1. The molecule has 1 heterocycles. The van der Waals surface area contributed by atoms with Crippen molar-refractivity contribution in [3.05, 3.63) is 58.7 Å². The number of benzene rings is 2. The van der Waals surface area contributed by atoms with Gasteiger partial charge < -0.3 is 10.2 Å². The van der Waals surface area contributed by atoms with Crippen molar-refractivity contribution >= 4 is 29.7 Å². The van der Waals surface area contributed by atoms with Gasteiger partial charge in [0, 0.05) is 37.6 Å². The van der Waals surface area contributed by atoms with Crippen molar-refractivity contribution in [3.63, 3.8) is 0 Å². The number of halogens is 1. The average molecular weight is 402 g/mol. The van der Waals surface area contributed by atoms with Crippen LogP contribution in [0.1, 0.15) is 29.2 Å². The third-order valence-electron chi connectivity index (χ3n) is 5.89. The van der Waals surface area contributed by atoms with Gasteiger partial charge in [-0.25, -0.2) is 0 Å². The summed E-state index contributed by atoms with van der Waals surface area (Å²) < 4.78 is 0. The van der Waals surface area contributed by atoms with E-state index in [2.05, 4.69) is 47.2 Å². The van der Waals surface area contributed by atoms with E-state index in [1.54, 1.807) is 0 Å². The van der Waals surface area contributed by atoms with Gasteiger partial charge in [0.05, 0.1) is 6.04 Å². The fraction of sp³-hybridized carbons (Fsp3) is 0.435. The zero-order valence-electron chi connectivity index (χ0n) is 17.6. The maximum atomic E-state index is 12.8. The summed E-state index contributed by atoms with van der Waals surface area (Å²) in [5, 5.41) is 3.14. The normalized spacial score (nSPS) is 15.7. The third kappa shape index (κ3) is 4.68. The number of nitrogens with zero attached hydrogens (tertiary/aromatic N) is 2. The van der Waals surface area contributed by atoms with Crippen LogP contribution in [0.5, 0.6) is 0 Å². The Morgan fingerprint density at radius 1 is 0.893 bits per heavy atom. The molecule has 3 rings (SSSR count). The number of piperazine rings is 1. The van der Waals surface area contributed by atoms with Crippen LogP contribution in [0.3, 0.4) is 0 Å². The maximum Gasteiger partial charge on any atom is 0.241 e. The van der Waals surface area contributed by atoms with Gasteiger partial charge in [-0.15, -0.1) is 12.4 Å². The van der Waals surface area contributed by atoms with Gasteiger partial charge in [-0.3, -0.25) is 9.69 Å². The molecule has 1 saturated heterocycles. The standard InChI is InChI=1S/C23H31N3O.ClH/c1-16-8-7-11-21(19(16)4)26-14-12-25(13-15-26)20(5)23(27)24-22-17(2)9-6-10-18(22)3;/h6-11,20H,12-15H2,1-5H3,(H,24,27);1H. The van der Waals surface area contributed by atoms with Crippen LogP contribution in [-0.2, 0) is 4.79 Å². The summed E-state index contributed by atoms with van der Waals surface area (Å²) in [5.74, 6) is 0.0765. The van der Waals surface area contributed by atoms with E-state index >= 15 is 0 Å². The number of anilines is 2. The highest BCUT2D eigenvalue weighted by Crippen LogP contribution is 2.25. The first kappa shape index (κ1) is 22.3. The first-order chi connectivity index (χ1) is 12.9. The van der Waals surface area contributed by atoms with Crippen LogP contribution in [0.2, 0.25) is 0 Å². The van der Waals surface area contributed by atoms with Crippen molar-refractivity contribution in [2.75, 3.05) is 36.4 Å². The summed E-state index contributed by atoms with van der Waals surface area (Å²) in [7, 11) is 0. The third-order valence-corrected chi connectivity index (χ3v) is 5.89. The second-order valence-electron chi connectivity index (χ2n) is 7.67. The smallest absolute Gasteiger partial charge is 0.241 e. The zero-order chi connectivity index (χ0) is 19.6. The molecule has 1 unspecified atom stereocenters. The molecule has 28 heavy (non-hydrogen) atoms. The molecule has 1 aliphatic rings. The van der Waals surface area contributed by atoms with E-state index in [9.17, 15) is 4.79 Å². The Morgan fingerprint density at radius 2 is 1.43 bits per heavy atom. The van der Waals surface area contributed by atoms with Crippen LogP contribution in [0, 0.1) is 27.7 Å². The van der Waals surface area contributed by atoms with Crippen molar-refractivity contribution in [3.8, 4) is 0 Å². The van der Waals surface area contributed by atoms with Crippen LogP contribution >= 0.6 is 12.4 Å². The van der Waals surface area contributed by atoms with Gasteiger partial charge in [0.25, 0.3) is 0 Å². The number of nitrogens with one attached hydrogen (secondary N) is 1. The molecule has 0 spiro atoms. The summed E-state index contributed by atoms with van der Waals surface area (Å²) in [6, 6.07) is 12.5. The van der Waals surface area contributed by atoms with Crippen LogP contribution in [0.25, 0.3) is 0 Å². The van der Waals surface area contributed by atoms with Crippen LogP contribution in [-0.4, -0.2) is 43.0 Å². The van der Waals surface area contributed by atoms with Crippen LogP contribution in [0.4, 0.5) is 11.4 Å². The highest BCUT2D eigenvalue weighted by atomic mass is 35.5. The van der Waals surface area contributed by atoms with Crippen molar-refractivity contribution in [1.29, 1.82) is 0 Å². The topological polar surface area (TPSA) is 35.6 Å². The first-order valence-electron chi connectivity index (χ1n) is 9.80. The minimum Gasteiger partial charge on any atom is -0.369 e.